The number of nitrogens with one attached hydrogen (secondary N) is 1. The summed E-state index contributed by atoms with van der Waals surface area (Å²) in [5.74, 6) is 0.476. The van der Waals surface area contributed by atoms with E-state index in [1.165, 1.54) is 27.6 Å². The third-order valence-corrected chi connectivity index (χ3v) is 4.38. The molecule has 2 heteroatoms. The number of likely N-dealkylation sites (N-methyl/N-ethyl adjacent to an activating group) is 1. The lowest BCUT2D eigenvalue weighted by molar-refractivity contribution is 0.297. The van der Waals surface area contributed by atoms with Gasteiger partial charge in [0.05, 0.1) is 0 Å². The number of fused-ring (bicyclic) bond motifs is 3. The third kappa shape index (κ3) is 1.76. The van der Waals surface area contributed by atoms with E-state index in [0.29, 0.717) is 5.92 Å². The summed E-state index contributed by atoms with van der Waals surface area (Å²) in [4.78, 5) is 5.74. The molecule has 1 aliphatic rings. The van der Waals surface area contributed by atoms with Crippen LogP contribution in [0.15, 0.2) is 54.7 Å². The SMILES string of the molecule is CN1Cc2c(ccc3[nH]ccc23)C(c2ccccc2)C1. The largest absolute Gasteiger partial charge is 0.361 e. The van der Waals surface area contributed by atoms with Gasteiger partial charge in [0, 0.05) is 36.1 Å². The van der Waals surface area contributed by atoms with Gasteiger partial charge in [-0.25, -0.2) is 0 Å². The van der Waals surface area contributed by atoms with E-state index in [0.717, 1.165) is 13.1 Å². The molecule has 1 atom stereocenters. The van der Waals surface area contributed by atoms with Gasteiger partial charge in [-0.15, -0.1) is 0 Å². The summed E-state index contributed by atoms with van der Waals surface area (Å²) in [6.07, 6.45) is 2.04. The average Bonchev–Trinajstić information content (AvgIpc) is 2.96. The minimum absolute atomic E-state index is 0.476. The molecule has 20 heavy (non-hydrogen) atoms. The fraction of sp³-hybridized carbons (Fsp3) is 0.222. The van der Waals surface area contributed by atoms with E-state index < -0.39 is 0 Å². The monoisotopic (exact) mass is 262 g/mol. The lowest BCUT2D eigenvalue weighted by Gasteiger charge is -2.33. The molecule has 0 fully saturated rings. The van der Waals surface area contributed by atoms with Crippen LogP contribution in [0.4, 0.5) is 0 Å². The molecule has 1 aliphatic heterocycles. The highest BCUT2D eigenvalue weighted by Gasteiger charge is 2.26. The van der Waals surface area contributed by atoms with Gasteiger partial charge in [-0.3, -0.25) is 0 Å². The quantitative estimate of drug-likeness (QED) is 0.707. The van der Waals surface area contributed by atoms with Gasteiger partial charge in [-0.1, -0.05) is 36.4 Å². The number of rotatable bonds is 1. The number of benzene rings is 2. The van der Waals surface area contributed by atoms with Gasteiger partial charge in [-0.05, 0) is 35.9 Å². The van der Waals surface area contributed by atoms with Crippen LogP contribution in [0.3, 0.4) is 0 Å². The maximum Gasteiger partial charge on any atom is 0.0457 e. The van der Waals surface area contributed by atoms with Crippen molar-refractivity contribution in [2.45, 2.75) is 12.5 Å². The normalized spacial score (nSPS) is 19.1. The Morgan fingerprint density at radius 1 is 1.05 bits per heavy atom. The summed E-state index contributed by atoms with van der Waals surface area (Å²) in [6, 6.07) is 17.6. The lowest BCUT2D eigenvalue weighted by atomic mass is 9.83. The minimum atomic E-state index is 0.476. The first kappa shape index (κ1) is 11.7. The zero-order valence-corrected chi connectivity index (χ0v) is 11.6. The van der Waals surface area contributed by atoms with Crippen molar-refractivity contribution in [2.75, 3.05) is 13.6 Å². The zero-order chi connectivity index (χ0) is 13.5. The Morgan fingerprint density at radius 2 is 1.90 bits per heavy atom. The first-order valence-corrected chi connectivity index (χ1v) is 7.15. The van der Waals surface area contributed by atoms with Gasteiger partial charge in [0.1, 0.15) is 0 Å². The van der Waals surface area contributed by atoms with Crippen molar-refractivity contribution in [2.24, 2.45) is 0 Å². The van der Waals surface area contributed by atoms with Crippen molar-refractivity contribution < 1.29 is 0 Å². The Bertz CT molecular complexity index is 742. The second-order valence-corrected chi connectivity index (χ2v) is 5.73. The maximum absolute atomic E-state index is 3.32. The molecule has 100 valence electrons. The molecule has 0 bridgehead atoms. The van der Waals surface area contributed by atoms with Gasteiger partial charge in [0.25, 0.3) is 0 Å². The molecule has 1 unspecified atom stereocenters. The predicted molar refractivity (Wildman–Crippen MR) is 82.9 cm³/mol. The first-order valence-electron chi connectivity index (χ1n) is 7.15. The van der Waals surface area contributed by atoms with E-state index >= 15 is 0 Å². The van der Waals surface area contributed by atoms with Gasteiger partial charge < -0.3 is 9.88 Å². The summed E-state index contributed by atoms with van der Waals surface area (Å²) >= 11 is 0. The standard InChI is InChI=1S/C18H18N2/c1-20-11-16(13-5-3-2-4-6-13)14-7-8-18-15(9-10-19-18)17(14)12-20/h2-10,16,19H,11-12H2,1H3. The molecular formula is C18H18N2. The van der Waals surface area contributed by atoms with Crippen molar-refractivity contribution >= 4 is 10.9 Å². The molecule has 2 heterocycles. The van der Waals surface area contributed by atoms with Crippen molar-refractivity contribution in [3.05, 3.63) is 71.4 Å². The summed E-state index contributed by atoms with van der Waals surface area (Å²) in [6.45, 7) is 2.13. The van der Waals surface area contributed by atoms with Crippen LogP contribution < -0.4 is 0 Å². The van der Waals surface area contributed by atoms with Crippen molar-refractivity contribution in [3.8, 4) is 0 Å². The highest BCUT2D eigenvalue weighted by Crippen LogP contribution is 2.36. The molecule has 2 nitrogen and oxygen atoms in total. The molecule has 0 radical (unpaired) electrons. The molecule has 0 amide bonds. The summed E-state index contributed by atoms with van der Waals surface area (Å²) in [7, 11) is 2.21. The van der Waals surface area contributed by atoms with Gasteiger partial charge in [0.15, 0.2) is 0 Å². The minimum Gasteiger partial charge on any atom is -0.361 e. The highest BCUT2D eigenvalue weighted by molar-refractivity contribution is 5.84. The molecule has 4 rings (SSSR count). The number of aromatic amines is 1. The first-order chi connectivity index (χ1) is 9.83. The van der Waals surface area contributed by atoms with Crippen LogP contribution in [0, 0.1) is 0 Å². The second-order valence-electron chi connectivity index (χ2n) is 5.73. The van der Waals surface area contributed by atoms with Crippen LogP contribution in [0.2, 0.25) is 0 Å². The molecule has 1 aromatic heterocycles. The lowest BCUT2D eigenvalue weighted by Crippen LogP contribution is -2.31. The fourth-order valence-corrected chi connectivity index (χ4v) is 3.43. The number of aromatic nitrogens is 1. The van der Waals surface area contributed by atoms with Crippen LogP contribution >= 0.6 is 0 Å². The Balaban J connectivity index is 1.92. The maximum atomic E-state index is 3.32. The predicted octanol–water partition coefficient (Wildman–Crippen LogP) is 3.75. The Morgan fingerprint density at radius 3 is 2.75 bits per heavy atom. The second kappa shape index (κ2) is 4.50. The van der Waals surface area contributed by atoms with E-state index in [1.54, 1.807) is 0 Å². The van der Waals surface area contributed by atoms with E-state index in [1.807, 2.05) is 6.20 Å². The van der Waals surface area contributed by atoms with Crippen molar-refractivity contribution in [3.63, 3.8) is 0 Å². The van der Waals surface area contributed by atoms with Crippen LogP contribution in [0.1, 0.15) is 22.6 Å². The molecule has 2 aromatic carbocycles. The number of hydrogen-bond donors (Lipinski definition) is 1. The number of hydrogen-bond acceptors (Lipinski definition) is 1. The van der Waals surface area contributed by atoms with Crippen molar-refractivity contribution in [1.82, 2.24) is 9.88 Å². The molecule has 0 spiro atoms. The Hall–Kier alpha value is -2.06. The van der Waals surface area contributed by atoms with Crippen LogP contribution in [-0.2, 0) is 6.54 Å². The molecule has 3 aromatic rings. The van der Waals surface area contributed by atoms with Gasteiger partial charge in [-0.2, -0.15) is 0 Å². The smallest absolute Gasteiger partial charge is 0.0457 e. The number of nitrogens with zero attached hydrogens (tertiary/aromatic N) is 1. The summed E-state index contributed by atoms with van der Waals surface area (Å²) in [5, 5.41) is 1.37. The van der Waals surface area contributed by atoms with E-state index in [9.17, 15) is 0 Å². The molecule has 0 saturated carbocycles. The van der Waals surface area contributed by atoms with E-state index in [4.69, 9.17) is 0 Å². The fourth-order valence-electron chi connectivity index (χ4n) is 3.43. The zero-order valence-electron chi connectivity index (χ0n) is 11.6. The molecule has 0 aliphatic carbocycles. The number of H-pyrrole nitrogens is 1. The van der Waals surface area contributed by atoms with Gasteiger partial charge in [0.2, 0.25) is 0 Å². The molecular weight excluding hydrogens is 244 g/mol. The van der Waals surface area contributed by atoms with Crippen LogP contribution in [0.5, 0.6) is 0 Å². The molecule has 0 saturated heterocycles. The molecule has 1 N–H and O–H groups in total. The van der Waals surface area contributed by atoms with Crippen molar-refractivity contribution in [1.29, 1.82) is 0 Å². The van der Waals surface area contributed by atoms with E-state index in [-0.39, 0.29) is 0 Å². The average molecular weight is 262 g/mol. The van der Waals surface area contributed by atoms with Crippen LogP contribution in [-0.4, -0.2) is 23.5 Å². The highest BCUT2D eigenvalue weighted by atomic mass is 15.1. The summed E-state index contributed by atoms with van der Waals surface area (Å²) < 4.78 is 0. The Kier molecular flexibility index (Phi) is 2.64. The Labute approximate surface area is 119 Å². The summed E-state index contributed by atoms with van der Waals surface area (Å²) in [5.41, 5.74) is 5.62. The third-order valence-electron chi connectivity index (χ3n) is 4.38. The van der Waals surface area contributed by atoms with E-state index in [2.05, 4.69) is 65.5 Å². The van der Waals surface area contributed by atoms with Crippen LogP contribution in [0.25, 0.3) is 10.9 Å². The topological polar surface area (TPSA) is 19.0 Å². The van der Waals surface area contributed by atoms with Gasteiger partial charge >= 0.3 is 0 Å².